The van der Waals surface area contributed by atoms with Gasteiger partial charge in [-0.25, -0.2) is 0 Å². The first-order valence-corrected chi connectivity index (χ1v) is 11.4. The highest BCUT2D eigenvalue weighted by atomic mass is 16.1. The van der Waals surface area contributed by atoms with Gasteiger partial charge in [-0.05, 0) is 41.7 Å². The van der Waals surface area contributed by atoms with Crippen molar-refractivity contribution in [3.8, 4) is 0 Å². The van der Waals surface area contributed by atoms with E-state index in [1.54, 1.807) is 0 Å². The van der Waals surface area contributed by atoms with Crippen molar-refractivity contribution in [2.75, 3.05) is 0 Å². The van der Waals surface area contributed by atoms with E-state index < -0.39 is 22.2 Å². The number of rotatable bonds is 2. The zero-order valence-corrected chi connectivity index (χ0v) is 18.6. The largest absolute Gasteiger partial charge is 0.298 e. The molecule has 5 atom stereocenters. The summed E-state index contributed by atoms with van der Waals surface area (Å²) in [6.07, 6.45) is 2.17. The molecule has 0 aliphatic heterocycles. The average molecular weight is 419 g/mol. The molecule has 0 heterocycles. The topological polar surface area (TPSA) is 34.1 Å². The normalized spacial score (nSPS) is 34.8. The van der Waals surface area contributed by atoms with E-state index in [9.17, 15) is 9.59 Å². The average Bonchev–Trinajstić information content (AvgIpc) is 2.98. The SMILES string of the molecule is CC1=CC2(c3ccccc3)c3ccccc3C3(C)C(=O)C(c4ccccc4)C2(C)C3C1=O. The Morgan fingerprint density at radius 2 is 1.28 bits per heavy atom. The van der Waals surface area contributed by atoms with Gasteiger partial charge in [0.05, 0.1) is 11.3 Å². The lowest BCUT2D eigenvalue weighted by molar-refractivity contribution is -0.130. The van der Waals surface area contributed by atoms with E-state index >= 15 is 0 Å². The lowest BCUT2D eigenvalue weighted by Crippen LogP contribution is -2.60. The highest BCUT2D eigenvalue weighted by molar-refractivity contribution is 6.12. The molecule has 3 aliphatic carbocycles. The summed E-state index contributed by atoms with van der Waals surface area (Å²) in [4.78, 5) is 28.4. The van der Waals surface area contributed by atoms with E-state index in [4.69, 9.17) is 0 Å². The Morgan fingerprint density at radius 3 is 1.94 bits per heavy atom. The Labute approximate surface area is 189 Å². The predicted octanol–water partition coefficient (Wildman–Crippen LogP) is 5.76. The Balaban J connectivity index is 1.84. The molecule has 2 heteroatoms. The number of hydrogen-bond acceptors (Lipinski definition) is 2. The van der Waals surface area contributed by atoms with E-state index in [2.05, 4.69) is 67.6 Å². The van der Waals surface area contributed by atoms with Gasteiger partial charge in [-0.2, -0.15) is 0 Å². The lowest BCUT2D eigenvalue weighted by Gasteiger charge is -2.59. The number of hydrogen-bond donors (Lipinski definition) is 0. The van der Waals surface area contributed by atoms with E-state index in [0.717, 1.165) is 27.8 Å². The van der Waals surface area contributed by atoms with Gasteiger partial charge in [0.15, 0.2) is 11.6 Å². The van der Waals surface area contributed by atoms with Crippen molar-refractivity contribution in [1.29, 1.82) is 0 Å². The summed E-state index contributed by atoms with van der Waals surface area (Å²) in [5.41, 5.74) is 3.03. The van der Waals surface area contributed by atoms with E-state index in [-0.39, 0.29) is 17.5 Å². The minimum atomic E-state index is -0.850. The van der Waals surface area contributed by atoms with Crippen LogP contribution in [0.2, 0.25) is 0 Å². The molecule has 32 heavy (non-hydrogen) atoms. The van der Waals surface area contributed by atoms with Crippen molar-refractivity contribution < 1.29 is 9.59 Å². The predicted molar refractivity (Wildman–Crippen MR) is 126 cm³/mol. The summed E-state index contributed by atoms with van der Waals surface area (Å²) in [5, 5.41) is 0. The third-order valence-electron chi connectivity index (χ3n) is 8.76. The van der Waals surface area contributed by atoms with E-state index in [0.29, 0.717) is 0 Å². The second-order valence-corrected chi connectivity index (χ2v) is 10.0. The van der Waals surface area contributed by atoms with Crippen LogP contribution in [0.1, 0.15) is 48.9 Å². The van der Waals surface area contributed by atoms with Crippen LogP contribution in [-0.2, 0) is 20.4 Å². The number of Topliss-reactive ketones (excluding diaryl/α,β-unsaturated/α-hetero) is 2. The minimum absolute atomic E-state index is 0.114. The molecular formula is C30H26O2. The number of benzene rings is 3. The van der Waals surface area contributed by atoms with Crippen LogP contribution >= 0.6 is 0 Å². The summed E-state index contributed by atoms with van der Waals surface area (Å²) in [6.45, 7) is 6.14. The van der Waals surface area contributed by atoms with Crippen molar-refractivity contribution >= 4 is 11.6 Å². The zero-order chi connectivity index (χ0) is 22.3. The van der Waals surface area contributed by atoms with Crippen LogP contribution in [0.15, 0.2) is 96.6 Å². The van der Waals surface area contributed by atoms with Gasteiger partial charge in [0.25, 0.3) is 0 Å². The van der Waals surface area contributed by atoms with Crippen LogP contribution in [0.25, 0.3) is 0 Å². The molecule has 6 rings (SSSR count). The Hall–Kier alpha value is -3.26. The van der Waals surface area contributed by atoms with Crippen LogP contribution in [0, 0.1) is 11.3 Å². The molecule has 2 nitrogen and oxygen atoms in total. The molecule has 158 valence electrons. The molecular weight excluding hydrogens is 392 g/mol. The van der Waals surface area contributed by atoms with Gasteiger partial charge >= 0.3 is 0 Å². The van der Waals surface area contributed by atoms with Crippen LogP contribution < -0.4 is 0 Å². The number of ketones is 2. The van der Waals surface area contributed by atoms with E-state index in [1.807, 2.05) is 44.2 Å². The molecule has 0 spiro atoms. The first-order valence-electron chi connectivity index (χ1n) is 11.4. The standard InChI is InChI=1S/C30H26O2/c1-19-18-30(21-14-8-5-9-15-21)23-17-11-10-16-22(23)28(2)26(25(19)31)29(30,3)24(27(28)32)20-12-6-4-7-13-20/h4-18,24,26H,1-3H3. The molecule has 0 saturated heterocycles. The Morgan fingerprint density at radius 1 is 0.719 bits per heavy atom. The summed E-state index contributed by atoms with van der Waals surface area (Å²) < 4.78 is 0. The highest BCUT2D eigenvalue weighted by Crippen LogP contribution is 2.75. The van der Waals surface area contributed by atoms with Crippen LogP contribution in [0.3, 0.4) is 0 Å². The third-order valence-corrected chi connectivity index (χ3v) is 8.76. The van der Waals surface area contributed by atoms with Crippen molar-refractivity contribution in [2.45, 2.75) is 37.5 Å². The Bertz CT molecular complexity index is 1300. The van der Waals surface area contributed by atoms with Gasteiger partial charge in [0, 0.05) is 16.7 Å². The molecule has 5 unspecified atom stereocenters. The maximum Gasteiger partial charge on any atom is 0.163 e. The van der Waals surface area contributed by atoms with Crippen LogP contribution in [0.5, 0.6) is 0 Å². The molecule has 4 bridgehead atoms. The molecule has 3 aromatic carbocycles. The molecule has 0 radical (unpaired) electrons. The fourth-order valence-electron chi connectivity index (χ4n) is 7.58. The van der Waals surface area contributed by atoms with Gasteiger partial charge in [0.1, 0.15) is 0 Å². The number of carbonyl (C=O) groups excluding carboxylic acids is 2. The second-order valence-electron chi connectivity index (χ2n) is 10.0. The maximum absolute atomic E-state index is 14.5. The van der Waals surface area contributed by atoms with Crippen LogP contribution in [0.4, 0.5) is 0 Å². The minimum Gasteiger partial charge on any atom is -0.298 e. The fraction of sp³-hybridized carbons (Fsp3) is 0.267. The molecule has 0 amide bonds. The third kappa shape index (κ3) is 1.93. The van der Waals surface area contributed by atoms with Crippen LogP contribution in [-0.4, -0.2) is 11.6 Å². The molecule has 1 fully saturated rings. The van der Waals surface area contributed by atoms with Crippen molar-refractivity contribution in [3.05, 3.63) is 119 Å². The van der Waals surface area contributed by atoms with Crippen molar-refractivity contribution in [3.63, 3.8) is 0 Å². The van der Waals surface area contributed by atoms with Crippen molar-refractivity contribution in [2.24, 2.45) is 11.3 Å². The van der Waals surface area contributed by atoms with Gasteiger partial charge < -0.3 is 0 Å². The maximum atomic E-state index is 14.5. The monoisotopic (exact) mass is 418 g/mol. The molecule has 0 N–H and O–H groups in total. The highest BCUT2D eigenvalue weighted by Gasteiger charge is 2.77. The first-order chi connectivity index (χ1) is 15.4. The summed E-state index contributed by atoms with van der Waals surface area (Å²) in [5.74, 6) is -0.506. The number of fused-ring (bicyclic) bond motifs is 3. The fourth-order valence-corrected chi connectivity index (χ4v) is 7.58. The summed E-state index contributed by atoms with van der Waals surface area (Å²) in [6, 6.07) is 28.9. The number of carbonyl (C=O) groups is 2. The lowest BCUT2D eigenvalue weighted by atomic mass is 9.41. The van der Waals surface area contributed by atoms with Gasteiger partial charge in [-0.3, -0.25) is 9.59 Å². The van der Waals surface area contributed by atoms with E-state index in [1.165, 1.54) is 0 Å². The molecule has 0 aromatic heterocycles. The zero-order valence-electron chi connectivity index (χ0n) is 18.6. The molecule has 3 aromatic rings. The van der Waals surface area contributed by atoms with Gasteiger partial charge in [-0.15, -0.1) is 0 Å². The van der Waals surface area contributed by atoms with Crippen molar-refractivity contribution in [1.82, 2.24) is 0 Å². The summed E-state index contributed by atoms with van der Waals surface area (Å²) >= 11 is 0. The Kier molecular flexibility index (Phi) is 3.74. The van der Waals surface area contributed by atoms with Gasteiger partial charge in [0.2, 0.25) is 0 Å². The molecule has 1 saturated carbocycles. The summed E-state index contributed by atoms with van der Waals surface area (Å²) in [7, 11) is 0. The smallest absolute Gasteiger partial charge is 0.163 e. The number of allylic oxidation sites excluding steroid dienone is 2. The molecule has 3 aliphatic rings. The first kappa shape index (κ1) is 19.4. The quantitative estimate of drug-likeness (QED) is 0.530. The second kappa shape index (κ2) is 6.16. The van der Waals surface area contributed by atoms with Gasteiger partial charge in [-0.1, -0.05) is 97.9 Å².